The molecule has 1 aromatic carbocycles. The fourth-order valence-electron chi connectivity index (χ4n) is 4.34. The van der Waals surface area contributed by atoms with Crippen LogP contribution in [0.3, 0.4) is 0 Å². The van der Waals surface area contributed by atoms with Crippen LogP contribution in [0.1, 0.15) is 31.5 Å². The lowest BCUT2D eigenvalue weighted by Crippen LogP contribution is -2.48. The van der Waals surface area contributed by atoms with Gasteiger partial charge in [0.15, 0.2) is 12.1 Å². The molecule has 3 N–H and O–H groups in total. The SMILES string of the molecule is Cc1c(C(C)(C)O)nnc2c(F)cc(-c3nc(N[C@@H]4C[C@H]5CO[C@H](O5)[C@H]4O)ncc3Cl)cc12. The first-order chi connectivity index (χ1) is 15.6. The van der Waals surface area contributed by atoms with Gasteiger partial charge < -0.3 is 25.0 Å². The van der Waals surface area contributed by atoms with Gasteiger partial charge in [-0.1, -0.05) is 11.6 Å². The second kappa shape index (κ2) is 8.07. The van der Waals surface area contributed by atoms with E-state index < -0.39 is 23.8 Å². The van der Waals surface area contributed by atoms with E-state index in [1.54, 1.807) is 26.8 Å². The Hall–Kier alpha value is -2.50. The number of halogens is 2. The van der Waals surface area contributed by atoms with Crippen molar-refractivity contribution in [3.8, 4) is 11.3 Å². The Bertz CT molecular complexity index is 1240. The molecule has 33 heavy (non-hydrogen) atoms. The van der Waals surface area contributed by atoms with Crippen molar-refractivity contribution in [1.82, 2.24) is 20.2 Å². The van der Waals surface area contributed by atoms with Crippen molar-refractivity contribution in [2.24, 2.45) is 0 Å². The van der Waals surface area contributed by atoms with E-state index in [0.29, 0.717) is 40.9 Å². The minimum atomic E-state index is -1.24. The third-order valence-corrected chi connectivity index (χ3v) is 6.24. The minimum Gasteiger partial charge on any atom is -0.386 e. The number of aryl methyl sites for hydroxylation is 1. The van der Waals surface area contributed by atoms with Crippen molar-refractivity contribution < 1.29 is 24.1 Å². The van der Waals surface area contributed by atoms with Crippen LogP contribution in [0.4, 0.5) is 10.3 Å². The van der Waals surface area contributed by atoms with E-state index in [-0.39, 0.29) is 28.6 Å². The molecule has 0 spiro atoms. The lowest BCUT2D eigenvalue weighted by molar-refractivity contribution is -0.156. The molecule has 4 heterocycles. The van der Waals surface area contributed by atoms with Gasteiger partial charge in [-0.2, -0.15) is 5.10 Å². The van der Waals surface area contributed by atoms with Crippen molar-refractivity contribution in [1.29, 1.82) is 0 Å². The summed E-state index contributed by atoms with van der Waals surface area (Å²) in [6, 6.07) is 2.63. The van der Waals surface area contributed by atoms with Gasteiger partial charge in [-0.25, -0.2) is 14.4 Å². The first-order valence-electron chi connectivity index (χ1n) is 10.6. The molecule has 0 unspecified atom stereocenters. The van der Waals surface area contributed by atoms with Gasteiger partial charge in [-0.15, -0.1) is 5.10 Å². The molecule has 0 saturated carbocycles. The van der Waals surface area contributed by atoms with Gasteiger partial charge in [0.25, 0.3) is 0 Å². The van der Waals surface area contributed by atoms with Gasteiger partial charge in [0, 0.05) is 10.9 Å². The molecule has 174 valence electrons. The number of hydrogen-bond donors (Lipinski definition) is 3. The maximum absolute atomic E-state index is 15.0. The average molecular weight is 476 g/mol. The molecule has 5 rings (SSSR count). The van der Waals surface area contributed by atoms with E-state index in [1.165, 1.54) is 12.3 Å². The van der Waals surface area contributed by atoms with Crippen LogP contribution in [-0.4, -0.2) is 61.5 Å². The number of ether oxygens (including phenoxy) is 2. The maximum Gasteiger partial charge on any atom is 0.223 e. The summed E-state index contributed by atoms with van der Waals surface area (Å²) in [7, 11) is 0. The second-order valence-corrected chi connectivity index (χ2v) is 9.32. The van der Waals surface area contributed by atoms with Gasteiger partial charge in [-0.3, -0.25) is 0 Å². The zero-order chi connectivity index (χ0) is 23.5. The number of aromatic nitrogens is 4. The summed E-state index contributed by atoms with van der Waals surface area (Å²) in [4.78, 5) is 8.71. The lowest BCUT2D eigenvalue weighted by atomic mass is 9.96. The van der Waals surface area contributed by atoms with E-state index in [0.717, 1.165) is 0 Å². The highest BCUT2D eigenvalue weighted by atomic mass is 35.5. The first-order valence-corrected chi connectivity index (χ1v) is 10.9. The quantitative estimate of drug-likeness (QED) is 0.522. The molecule has 2 saturated heterocycles. The number of nitrogens with zero attached hydrogens (tertiary/aromatic N) is 4. The van der Waals surface area contributed by atoms with Crippen LogP contribution in [0.5, 0.6) is 0 Å². The molecule has 0 aliphatic carbocycles. The number of nitrogens with one attached hydrogen (secondary N) is 1. The summed E-state index contributed by atoms with van der Waals surface area (Å²) in [5.74, 6) is -0.347. The molecule has 2 aliphatic heterocycles. The minimum absolute atomic E-state index is 0.0913. The topological polar surface area (TPSA) is 123 Å². The van der Waals surface area contributed by atoms with Crippen LogP contribution < -0.4 is 5.32 Å². The molecule has 2 fully saturated rings. The highest BCUT2D eigenvalue weighted by Gasteiger charge is 2.43. The zero-order valence-electron chi connectivity index (χ0n) is 18.2. The summed E-state index contributed by atoms with van der Waals surface area (Å²) in [5.41, 5.74) is 0.551. The molecule has 4 atom stereocenters. The number of aliphatic hydroxyl groups is 2. The molecule has 0 amide bonds. The number of rotatable bonds is 4. The number of fused-ring (bicyclic) bond motifs is 3. The van der Waals surface area contributed by atoms with Crippen molar-refractivity contribution in [2.45, 2.75) is 57.3 Å². The molecule has 9 nitrogen and oxygen atoms in total. The molecule has 3 aromatic rings. The number of hydrogen-bond acceptors (Lipinski definition) is 9. The van der Waals surface area contributed by atoms with Crippen molar-refractivity contribution >= 4 is 28.5 Å². The van der Waals surface area contributed by atoms with E-state index in [1.807, 2.05) is 0 Å². The van der Waals surface area contributed by atoms with E-state index in [2.05, 4.69) is 25.5 Å². The summed E-state index contributed by atoms with van der Waals surface area (Å²) in [6.45, 7) is 5.37. The van der Waals surface area contributed by atoms with Crippen LogP contribution in [-0.2, 0) is 15.1 Å². The van der Waals surface area contributed by atoms with Gasteiger partial charge >= 0.3 is 0 Å². The van der Waals surface area contributed by atoms with Crippen molar-refractivity contribution in [2.75, 3.05) is 11.9 Å². The second-order valence-electron chi connectivity index (χ2n) is 8.91. The molecule has 0 radical (unpaired) electrons. The van der Waals surface area contributed by atoms with Crippen molar-refractivity contribution in [3.63, 3.8) is 0 Å². The lowest BCUT2D eigenvalue weighted by Gasteiger charge is -2.32. The Morgan fingerprint density at radius 2 is 2.06 bits per heavy atom. The van der Waals surface area contributed by atoms with E-state index in [9.17, 15) is 14.6 Å². The molecular formula is C22H23ClFN5O4. The van der Waals surface area contributed by atoms with E-state index >= 15 is 0 Å². The first kappa shape index (κ1) is 22.3. The Morgan fingerprint density at radius 3 is 2.82 bits per heavy atom. The van der Waals surface area contributed by atoms with Crippen LogP contribution in [0.25, 0.3) is 22.2 Å². The monoisotopic (exact) mass is 475 g/mol. The maximum atomic E-state index is 15.0. The summed E-state index contributed by atoms with van der Waals surface area (Å²) < 4.78 is 25.9. The Morgan fingerprint density at radius 1 is 1.27 bits per heavy atom. The molecule has 2 aliphatic rings. The number of anilines is 1. The van der Waals surface area contributed by atoms with Crippen LogP contribution in [0.2, 0.25) is 5.02 Å². The third kappa shape index (κ3) is 4.02. The van der Waals surface area contributed by atoms with Crippen molar-refractivity contribution in [3.05, 3.63) is 40.4 Å². The van der Waals surface area contributed by atoms with Crippen LogP contribution in [0, 0.1) is 12.7 Å². The Kier molecular flexibility index (Phi) is 5.45. The summed E-state index contributed by atoms with van der Waals surface area (Å²) in [5, 5.41) is 32.7. The summed E-state index contributed by atoms with van der Waals surface area (Å²) in [6.07, 6.45) is 0.278. The van der Waals surface area contributed by atoms with Gasteiger partial charge in [-0.05, 0) is 44.9 Å². The number of benzene rings is 1. The Labute approximate surface area is 193 Å². The van der Waals surface area contributed by atoms with Gasteiger partial charge in [0.1, 0.15) is 17.2 Å². The van der Waals surface area contributed by atoms with Crippen LogP contribution >= 0.6 is 11.6 Å². The standard InChI is InChI=1S/C22H23ClFN5O4/c1-9-12-4-10(5-14(24)17(12)28-29-19(9)22(2,3)31)16-13(23)7-25-21(27-16)26-15-6-11-8-32-20(33-11)18(15)30/h4-5,7,11,15,18,20,30-31H,6,8H2,1-3H3,(H,25,26,27)/t11-,15+,18-,20+/m0/s1. The summed E-state index contributed by atoms with van der Waals surface area (Å²) >= 11 is 6.37. The normalized spacial score (nSPS) is 24.9. The Balaban J connectivity index is 1.53. The fourth-order valence-corrected chi connectivity index (χ4v) is 4.54. The van der Waals surface area contributed by atoms with Gasteiger partial charge in [0.2, 0.25) is 5.95 Å². The largest absolute Gasteiger partial charge is 0.386 e. The fraction of sp³-hybridized carbons (Fsp3) is 0.455. The number of aliphatic hydroxyl groups excluding tert-OH is 1. The molecule has 11 heteroatoms. The predicted molar refractivity (Wildman–Crippen MR) is 118 cm³/mol. The smallest absolute Gasteiger partial charge is 0.223 e. The highest BCUT2D eigenvalue weighted by Crippen LogP contribution is 2.34. The average Bonchev–Trinajstić information content (AvgIpc) is 3.16. The predicted octanol–water partition coefficient (Wildman–Crippen LogP) is 2.70. The highest BCUT2D eigenvalue weighted by molar-refractivity contribution is 6.33. The molecular weight excluding hydrogens is 453 g/mol. The van der Waals surface area contributed by atoms with E-state index in [4.69, 9.17) is 21.1 Å². The van der Waals surface area contributed by atoms with Gasteiger partial charge in [0.05, 0.1) is 41.4 Å². The molecule has 2 bridgehead atoms. The van der Waals surface area contributed by atoms with Crippen LogP contribution in [0.15, 0.2) is 18.3 Å². The molecule has 2 aromatic heterocycles. The zero-order valence-corrected chi connectivity index (χ0v) is 19.0. The third-order valence-electron chi connectivity index (χ3n) is 5.97.